The number of hydrogen-bond donors (Lipinski definition) is 0. The predicted octanol–water partition coefficient (Wildman–Crippen LogP) is 3.67. The van der Waals surface area contributed by atoms with Crippen molar-refractivity contribution in [1.29, 1.82) is 0 Å². The third-order valence-corrected chi connectivity index (χ3v) is 4.21. The van der Waals surface area contributed by atoms with Crippen LogP contribution in [0.4, 0.5) is 5.82 Å². The van der Waals surface area contributed by atoms with Crippen LogP contribution in [0.5, 0.6) is 0 Å². The first kappa shape index (κ1) is 14.6. The number of aryl methyl sites for hydroxylation is 1. The normalized spacial score (nSPS) is 18.8. The Hall–Kier alpha value is -1.36. The second-order valence-electron chi connectivity index (χ2n) is 4.94. The first-order valence-electron chi connectivity index (χ1n) is 6.74. The summed E-state index contributed by atoms with van der Waals surface area (Å²) in [6.07, 6.45) is 1.74. The Morgan fingerprint density at radius 3 is 2.86 bits per heavy atom. The van der Waals surface area contributed by atoms with Crippen molar-refractivity contribution < 1.29 is 4.74 Å². The van der Waals surface area contributed by atoms with Crippen LogP contribution in [-0.4, -0.2) is 29.7 Å². The molecule has 4 nitrogen and oxygen atoms in total. The smallest absolute Gasteiger partial charge is 0.132 e. The Morgan fingerprint density at radius 2 is 2.10 bits per heavy atom. The molecule has 1 atom stereocenters. The number of ether oxygens (including phenoxy) is 1. The number of halogens is 2. The average molecular weight is 324 g/mol. The number of rotatable bonds is 2. The fourth-order valence-electron chi connectivity index (χ4n) is 2.39. The molecule has 1 aliphatic rings. The highest BCUT2D eigenvalue weighted by atomic mass is 35.5. The van der Waals surface area contributed by atoms with E-state index in [1.807, 2.05) is 25.1 Å². The lowest BCUT2D eigenvalue weighted by Crippen LogP contribution is -2.39. The van der Waals surface area contributed by atoms with Crippen molar-refractivity contribution >= 4 is 29.0 Å². The van der Waals surface area contributed by atoms with Crippen LogP contribution in [0.25, 0.3) is 0 Å². The van der Waals surface area contributed by atoms with Gasteiger partial charge in [0.1, 0.15) is 17.7 Å². The number of nitrogens with zero attached hydrogens (tertiary/aromatic N) is 3. The highest BCUT2D eigenvalue weighted by molar-refractivity contribution is 6.42. The van der Waals surface area contributed by atoms with E-state index in [0.717, 1.165) is 30.3 Å². The molecule has 0 radical (unpaired) electrons. The van der Waals surface area contributed by atoms with E-state index in [-0.39, 0.29) is 6.10 Å². The van der Waals surface area contributed by atoms with Gasteiger partial charge in [0.25, 0.3) is 0 Å². The summed E-state index contributed by atoms with van der Waals surface area (Å²) in [5.41, 5.74) is 1.03. The third-order valence-electron chi connectivity index (χ3n) is 3.47. The molecular formula is C15H15Cl2N3O. The maximum absolute atomic E-state index is 6.09. The van der Waals surface area contributed by atoms with E-state index in [4.69, 9.17) is 27.9 Å². The van der Waals surface area contributed by atoms with E-state index < -0.39 is 0 Å². The SMILES string of the molecule is Cc1nccc(N2CCO[C@@H](c3ccc(Cl)c(Cl)c3)C2)n1. The molecule has 0 spiro atoms. The summed E-state index contributed by atoms with van der Waals surface area (Å²) in [5.74, 6) is 1.70. The van der Waals surface area contributed by atoms with Gasteiger partial charge in [-0.3, -0.25) is 0 Å². The zero-order valence-electron chi connectivity index (χ0n) is 11.6. The number of benzene rings is 1. The van der Waals surface area contributed by atoms with Gasteiger partial charge in [-0.1, -0.05) is 29.3 Å². The van der Waals surface area contributed by atoms with Gasteiger partial charge in [-0.15, -0.1) is 0 Å². The Labute approximate surface area is 133 Å². The monoisotopic (exact) mass is 323 g/mol. The van der Waals surface area contributed by atoms with E-state index >= 15 is 0 Å². The minimum Gasteiger partial charge on any atom is -0.370 e. The maximum Gasteiger partial charge on any atom is 0.132 e. The van der Waals surface area contributed by atoms with Crippen LogP contribution in [-0.2, 0) is 4.74 Å². The molecule has 0 N–H and O–H groups in total. The largest absolute Gasteiger partial charge is 0.370 e. The molecule has 1 aromatic heterocycles. The van der Waals surface area contributed by atoms with Gasteiger partial charge in [0.15, 0.2) is 0 Å². The molecule has 6 heteroatoms. The standard InChI is InChI=1S/C15H15Cl2N3O/c1-10-18-5-4-15(19-10)20-6-7-21-14(9-20)11-2-3-12(16)13(17)8-11/h2-5,8,14H,6-7,9H2,1H3/t14-/m1/s1. The quantitative estimate of drug-likeness (QED) is 0.845. The molecule has 2 heterocycles. The minimum absolute atomic E-state index is 0.0382. The second-order valence-corrected chi connectivity index (χ2v) is 5.76. The van der Waals surface area contributed by atoms with E-state index in [9.17, 15) is 0 Å². The zero-order valence-corrected chi connectivity index (χ0v) is 13.1. The van der Waals surface area contributed by atoms with Crippen molar-refractivity contribution in [3.05, 3.63) is 51.9 Å². The van der Waals surface area contributed by atoms with Crippen LogP contribution in [0.2, 0.25) is 10.0 Å². The first-order chi connectivity index (χ1) is 10.1. The Morgan fingerprint density at radius 1 is 1.24 bits per heavy atom. The number of anilines is 1. The Bertz CT molecular complexity index is 651. The van der Waals surface area contributed by atoms with Gasteiger partial charge in [-0.05, 0) is 30.7 Å². The fourth-order valence-corrected chi connectivity index (χ4v) is 2.70. The van der Waals surface area contributed by atoms with Crippen molar-refractivity contribution in [2.45, 2.75) is 13.0 Å². The number of morpholine rings is 1. The van der Waals surface area contributed by atoms with Crippen molar-refractivity contribution in [3.8, 4) is 0 Å². The van der Waals surface area contributed by atoms with E-state index in [2.05, 4.69) is 14.9 Å². The van der Waals surface area contributed by atoms with Gasteiger partial charge in [0.05, 0.1) is 16.7 Å². The molecule has 0 amide bonds. The van der Waals surface area contributed by atoms with Gasteiger partial charge in [0.2, 0.25) is 0 Å². The van der Waals surface area contributed by atoms with Gasteiger partial charge >= 0.3 is 0 Å². The van der Waals surface area contributed by atoms with Crippen molar-refractivity contribution in [2.75, 3.05) is 24.6 Å². The molecule has 0 saturated carbocycles. The lowest BCUT2D eigenvalue weighted by atomic mass is 10.1. The van der Waals surface area contributed by atoms with E-state index in [1.54, 1.807) is 12.3 Å². The summed E-state index contributed by atoms with van der Waals surface area (Å²) >= 11 is 12.0. The van der Waals surface area contributed by atoms with Crippen molar-refractivity contribution in [1.82, 2.24) is 9.97 Å². The highest BCUT2D eigenvalue weighted by Gasteiger charge is 2.23. The van der Waals surface area contributed by atoms with Crippen molar-refractivity contribution in [2.24, 2.45) is 0 Å². The van der Waals surface area contributed by atoms with Crippen molar-refractivity contribution in [3.63, 3.8) is 0 Å². The highest BCUT2D eigenvalue weighted by Crippen LogP contribution is 2.30. The predicted molar refractivity (Wildman–Crippen MR) is 84.1 cm³/mol. The summed E-state index contributed by atoms with van der Waals surface area (Å²) in [6.45, 7) is 4.08. The van der Waals surface area contributed by atoms with Gasteiger partial charge in [-0.25, -0.2) is 9.97 Å². The summed E-state index contributed by atoms with van der Waals surface area (Å²) < 4.78 is 5.85. The van der Waals surface area contributed by atoms with Gasteiger partial charge in [-0.2, -0.15) is 0 Å². The summed E-state index contributed by atoms with van der Waals surface area (Å²) in [7, 11) is 0. The molecule has 21 heavy (non-hydrogen) atoms. The summed E-state index contributed by atoms with van der Waals surface area (Å²) in [5, 5.41) is 1.10. The number of aromatic nitrogens is 2. The zero-order chi connectivity index (χ0) is 14.8. The van der Waals surface area contributed by atoms with Crippen LogP contribution >= 0.6 is 23.2 Å². The lowest BCUT2D eigenvalue weighted by Gasteiger charge is -2.34. The molecule has 1 fully saturated rings. The average Bonchev–Trinajstić information content (AvgIpc) is 2.50. The topological polar surface area (TPSA) is 38.2 Å². The van der Waals surface area contributed by atoms with Crippen LogP contribution in [0.1, 0.15) is 17.5 Å². The molecule has 0 unspecified atom stereocenters. The molecule has 3 rings (SSSR count). The molecule has 1 aromatic carbocycles. The molecular weight excluding hydrogens is 309 g/mol. The molecule has 0 bridgehead atoms. The minimum atomic E-state index is -0.0382. The van der Waals surface area contributed by atoms with Gasteiger partial charge in [0, 0.05) is 19.3 Å². The Balaban J connectivity index is 1.80. The van der Waals surface area contributed by atoms with E-state index in [1.165, 1.54) is 0 Å². The van der Waals surface area contributed by atoms with Crippen LogP contribution in [0, 0.1) is 6.92 Å². The first-order valence-corrected chi connectivity index (χ1v) is 7.50. The Kier molecular flexibility index (Phi) is 4.29. The molecule has 1 aliphatic heterocycles. The summed E-state index contributed by atoms with van der Waals surface area (Å²) in [4.78, 5) is 10.8. The van der Waals surface area contributed by atoms with Crippen LogP contribution < -0.4 is 4.90 Å². The molecule has 1 saturated heterocycles. The molecule has 0 aliphatic carbocycles. The maximum atomic E-state index is 6.09. The molecule has 110 valence electrons. The lowest BCUT2D eigenvalue weighted by molar-refractivity contribution is 0.0395. The molecule has 2 aromatic rings. The van der Waals surface area contributed by atoms with Crippen LogP contribution in [0.3, 0.4) is 0 Å². The van der Waals surface area contributed by atoms with E-state index in [0.29, 0.717) is 16.7 Å². The summed E-state index contributed by atoms with van der Waals surface area (Å²) in [6, 6.07) is 7.54. The fraction of sp³-hybridized carbons (Fsp3) is 0.333. The number of hydrogen-bond acceptors (Lipinski definition) is 4. The third kappa shape index (κ3) is 3.28. The second kappa shape index (κ2) is 6.18. The van der Waals surface area contributed by atoms with Crippen LogP contribution in [0.15, 0.2) is 30.5 Å². The van der Waals surface area contributed by atoms with Gasteiger partial charge < -0.3 is 9.64 Å².